The molecule has 1 aliphatic rings. The molecule has 1 saturated heterocycles. The zero-order valence-electron chi connectivity index (χ0n) is 12.7. The molecule has 0 aliphatic carbocycles. The third kappa shape index (κ3) is 2.64. The van der Waals surface area contributed by atoms with Crippen LogP contribution in [-0.4, -0.2) is 32.3 Å². The van der Waals surface area contributed by atoms with Gasteiger partial charge in [0.1, 0.15) is 11.7 Å². The molecule has 1 amide bonds. The Morgan fingerprint density at radius 3 is 2.76 bits per heavy atom. The first kappa shape index (κ1) is 14.0. The zero-order chi connectivity index (χ0) is 14.8. The average Bonchev–Trinajstić information content (AvgIpc) is 2.77. The molecule has 3 rings (SSSR count). The minimum Gasteiger partial charge on any atom is -0.320 e. The molecule has 2 heterocycles. The first-order valence-electron chi connectivity index (χ1n) is 7.78. The van der Waals surface area contributed by atoms with Gasteiger partial charge in [0.05, 0.1) is 5.52 Å². The highest BCUT2D eigenvalue weighted by molar-refractivity contribution is 5.77. The highest BCUT2D eigenvalue weighted by atomic mass is 16.2. The molecule has 0 N–H and O–H groups in total. The summed E-state index contributed by atoms with van der Waals surface area (Å²) in [5.41, 5.74) is 1.87. The van der Waals surface area contributed by atoms with Crippen LogP contribution in [-0.2, 0) is 4.79 Å². The molecule has 21 heavy (non-hydrogen) atoms. The molecule has 1 fully saturated rings. The Balaban J connectivity index is 2.03. The maximum absolute atomic E-state index is 12.5. The lowest BCUT2D eigenvalue weighted by Gasteiger charge is -2.33. The van der Waals surface area contributed by atoms with Gasteiger partial charge in [-0.25, -0.2) is 4.68 Å². The van der Waals surface area contributed by atoms with E-state index in [0.717, 1.165) is 36.8 Å². The second kappa shape index (κ2) is 5.84. The van der Waals surface area contributed by atoms with Gasteiger partial charge < -0.3 is 4.90 Å². The van der Waals surface area contributed by atoms with Crippen LogP contribution in [0.1, 0.15) is 45.7 Å². The van der Waals surface area contributed by atoms with Crippen LogP contribution in [0, 0.1) is 5.92 Å². The third-order valence-electron chi connectivity index (χ3n) is 4.15. The number of benzene rings is 1. The summed E-state index contributed by atoms with van der Waals surface area (Å²) < 4.78 is 1.92. The van der Waals surface area contributed by atoms with E-state index in [4.69, 9.17) is 0 Å². The number of carbonyl (C=O) groups is 1. The van der Waals surface area contributed by atoms with Crippen molar-refractivity contribution < 1.29 is 4.79 Å². The fraction of sp³-hybridized carbons (Fsp3) is 0.562. The SMILES string of the molecule is CC(C)C(N1CCCCCC1=O)n1nnc2ccccc21. The van der Waals surface area contributed by atoms with Gasteiger partial charge >= 0.3 is 0 Å². The molecular formula is C16H22N4O. The van der Waals surface area contributed by atoms with Gasteiger partial charge in [0, 0.05) is 13.0 Å². The summed E-state index contributed by atoms with van der Waals surface area (Å²) in [6.07, 6.45) is 3.80. The lowest BCUT2D eigenvalue weighted by atomic mass is 10.1. The van der Waals surface area contributed by atoms with Crippen molar-refractivity contribution in [3.8, 4) is 0 Å². The van der Waals surface area contributed by atoms with Crippen LogP contribution >= 0.6 is 0 Å². The largest absolute Gasteiger partial charge is 0.320 e. The molecule has 2 aromatic rings. The Morgan fingerprint density at radius 1 is 1.14 bits per heavy atom. The minimum absolute atomic E-state index is 0.0528. The predicted octanol–water partition coefficient (Wildman–Crippen LogP) is 2.99. The van der Waals surface area contributed by atoms with Crippen LogP contribution in [0.5, 0.6) is 0 Å². The Morgan fingerprint density at radius 2 is 1.95 bits per heavy atom. The maximum atomic E-state index is 12.5. The van der Waals surface area contributed by atoms with Crippen LogP contribution < -0.4 is 0 Å². The van der Waals surface area contributed by atoms with Gasteiger partial charge in [-0.3, -0.25) is 4.79 Å². The molecule has 1 aromatic carbocycles. The molecule has 1 atom stereocenters. The average molecular weight is 286 g/mol. The predicted molar refractivity (Wildman–Crippen MR) is 81.6 cm³/mol. The standard InChI is InChI=1S/C16H22N4O/c1-12(2)16(19-11-7-3-4-10-15(19)21)20-14-9-6-5-8-13(14)17-18-20/h5-6,8-9,12,16H,3-4,7,10-11H2,1-2H3. The molecule has 1 aliphatic heterocycles. The summed E-state index contributed by atoms with van der Waals surface area (Å²) in [5.74, 6) is 0.530. The summed E-state index contributed by atoms with van der Waals surface area (Å²) in [6.45, 7) is 5.09. The second-order valence-corrected chi connectivity index (χ2v) is 6.08. The first-order valence-corrected chi connectivity index (χ1v) is 7.78. The van der Waals surface area contributed by atoms with Crippen LogP contribution in [0.25, 0.3) is 11.0 Å². The highest BCUT2D eigenvalue weighted by Crippen LogP contribution is 2.28. The number of nitrogens with zero attached hydrogens (tertiary/aromatic N) is 4. The second-order valence-electron chi connectivity index (χ2n) is 6.08. The van der Waals surface area contributed by atoms with Crippen molar-refractivity contribution >= 4 is 16.9 Å². The number of rotatable bonds is 3. The van der Waals surface area contributed by atoms with E-state index in [2.05, 4.69) is 24.2 Å². The highest BCUT2D eigenvalue weighted by Gasteiger charge is 2.30. The molecular weight excluding hydrogens is 264 g/mol. The van der Waals surface area contributed by atoms with E-state index in [1.54, 1.807) is 0 Å². The van der Waals surface area contributed by atoms with Crippen molar-refractivity contribution in [1.29, 1.82) is 0 Å². The summed E-state index contributed by atoms with van der Waals surface area (Å²) >= 11 is 0. The molecule has 1 aromatic heterocycles. The number of hydrogen-bond acceptors (Lipinski definition) is 3. The fourth-order valence-electron chi connectivity index (χ4n) is 3.14. The lowest BCUT2D eigenvalue weighted by molar-refractivity contribution is -0.136. The Kier molecular flexibility index (Phi) is 3.90. The number of carbonyl (C=O) groups excluding carboxylic acids is 1. The Hall–Kier alpha value is -1.91. The number of aromatic nitrogens is 3. The lowest BCUT2D eigenvalue weighted by Crippen LogP contribution is -2.40. The van der Waals surface area contributed by atoms with Gasteiger partial charge in [0.25, 0.3) is 0 Å². The van der Waals surface area contributed by atoms with Gasteiger partial charge in [0.2, 0.25) is 5.91 Å². The van der Waals surface area contributed by atoms with Crippen molar-refractivity contribution in [2.45, 2.75) is 45.7 Å². The van der Waals surface area contributed by atoms with Crippen molar-refractivity contribution in [2.75, 3.05) is 6.54 Å². The summed E-state index contributed by atoms with van der Waals surface area (Å²) in [7, 11) is 0. The zero-order valence-corrected chi connectivity index (χ0v) is 12.7. The number of para-hydroxylation sites is 1. The van der Waals surface area contributed by atoms with Gasteiger partial charge in [-0.15, -0.1) is 5.10 Å². The monoisotopic (exact) mass is 286 g/mol. The molecule has 5 heteroatoms. The molecule has 1 unspecified atom stereocenters. The summed E-state index contributed by atoms with van der Waals surface area (Å²) in [5, 5.41) is 8.57. The van der Waals surface area contributed by atoms with Gasteiger partial charge in [0.15, 0.2) is 0 Å². The topological polar surface area (TPSA) is 51.0 Å². The number of fused-ring (bicyclic) bond motifs is 1. The minimum atomic E-state index is -0.0528. The van der Waals surface area contributed by atoms with Crippen LogP contribution in [0.2, 0.25) is 0 Å². The summed E-state index contributed by atoms with van der Waals surface area (Å²) in [6, 6.07) is 7.93. The molecule has 0 saturated carbocycles. The first-order chi connectivity index (χ1) is 10.2. The summed E-state index contributed by atoms with van der Waals surface area (Å²) in [4.78, 5) is 14.5. The molecule has 0 radical (unpaired) electrons. The quantitative estimate of drug-likeness (QED) is 0.871. The van der Waals surface area contributed by atoms with Crippen molar-refractivity contribution in [1.82, 2.24) is 19.9 Å². The van der Waals surface area contributed by atoms with E-state index in [1.165, 1.54) is 0 Å². The normalized spacial score (nSPS) is 18.2. The fourth-order valence-corrected chi connectivity index (χ4v) is 3.14. The maximum Gasteiger partial charge on any atom is 0.224 e. The van der Waals surface area contributed by atoms with E-state index in [9.17, 15) is 4.79 Å². The van der Waals surface area contributed by atoms with E-state index >= 15 is 0 Å². The van der Waals surface area contributed by atoms with Gasteiger partial charge in [-0.2, -0.15) is 0 Å². The van der Waals surface area contributed by atoms with Crippen molar-refractivity contribution in [2.24, 2.45) is 5.92 Å². The number of amides is 1. The molecule has 0 spiro atoms. The van der Waals surface area contributed by atoms with Gasteiger partial charge in [-0.05, 0) is 30.9 Å². The number of likely N-dealkylation sites (tertiary alicyclic amines) is 1. The van der Waals surface area contributed by atoms with E-state index in [0.29, 0.717) is 6.42 Å². The Labute approximate surface area is 124 Å². The van der Waals surface area contributed by atoms with Crippen molar-refractivity contribution in [3.63, 3.8) is 0 Å². The van der Waals surface area contributed by atoms with Crippen LogP contribution in [0.4, 0.5) is 0 Å². The molecule has 0 bridgehead atoms. The third-order valence-corrected chi connectivity index (χ3v) is 4.15. The van der Waals surface area contributed by atoms with Crippen molar-refractivity contribution in [3.05, 3.63) is 24.3 Å². The van der Waals surface area contributed by atoms with E-state index < -0.39 is 0 Å². The number of hydrogen-bond donors (Lipinski definition) is 0. The molecule has 112 valence electrons. The van der Waals surface area contributed by atoms with Gasteiger partial charge in [-0.1, -0.05) is 37.6 Å². The van der Waals surface area contributed by atoms with Crippen LogP contribution in [0.3, 0.4) is 0 Å². The van der Waals surface area contributed by atoms with E-state index in [-0.39, 0.29) is 18.0 Å². The van der Waals surface area contributed by atoms with E-state index in [1.807, 2.05) is 33.8 Å². The van der Waals surface area contributed by atoms with Crippen LogP contribution in [0.15, 0.2) is 24.3 Å². The Bertz CT molecular complexity index is 634. The molecule has 5 nitrogen and oxygen atoms in total. The smallest absolute Gasteiger partial charge is 0.224 e.